The second kappa shape index (κ2) is 9.09. The van der Waals surface area contributed by atoms with Crippen LogP contribution in [0.25, 0.3) is 10.2 Å². The molecule has 0 spiro atoms. The topological polar surface area (TPSA) is 77.3 Å². The number of aryl methyl sites for hydroxylation is 1. The van der Waals surface area contributed by atoms with E-state index in [1.807, 2.05) is 62.4 Å². The summed E-state index contributed by atoms with van der Waals surface area (Å²) in [7, 11) is 0. The third-order valence-corrected chi connectivity index (χ3v) is 5.75. The molecule has 0 saturated heterocycles. The van der Waals surface area contributed by atoms with Crippen molar-refractivity contribution >= 4 is 32.6 Å². The van der Waals surface area contributed by atoms with E-state index in [2.05, 4.69) is 10.1 Å². The van der Waals surface area contributed by atoms with E-state index in [1.54, 1.807) is 4.90 Å². The zero-order valence-electron chi connectivity index (χ0n) is 17.3. The van der Waals surface area contributed by atoms with Gasteiger partial charge in [0, 0.05) is 12.6 Å². The quantitative estimate of drug-likeness (QED) is 0.437. The third kappa shape index (κ3) is 4.49. The number of hydrogen-bond acceptors (Lipinski definition) is 6. The summed E-state index contributed by atoms with van der Waals surface area (Å²) in [6.07, 6.45) is 0. The van der Waals surface area contributed by atoms with E-state index >= 15 is 0 Å². The number of fused-ring (bicyclic) bond motifs is 1. The van der Waals surface area contributed by atoms with Gasteiger partial charge in [-0.25, -0.2) is 9.67 Å². The summed E-state index contributed by atoms with van der Waals surface area (Å²) in [6.45, 7) is 5.05. The van der Waals surface area contributed by atoms with Crippen LogP contribution in [0.3, 0.4) is 0 Å². The summed E-state index contributed by atoms with van der Waals surface area (Å²) < 4.78 is 7.80. The van der Waals surface area contributed by atoms with Crippen molar-refractivity contribution in [3.05, 3.63) is 82.3 Å². The SMILES string of the molecule is CCOc1ccc2nc(N(Cc3ccccc3)C(=O)c3ccc(=O)n(CC)n3)sc2c1. The van der Waals surface area contributed by atoms with Gasteiger partial charge in [-0.3, -0.25) is 14.5 Å². The van der Waals surface area contributed by atoms with Gasteiger partial charge in [0.2, 0.25) is 0 Å². The Kier molecular flexibility index (Phi) is 6.08. The maximum absolute atomic E-state index is 13.5. The van der Waals surface area contributed by atoms with Gasteiger partial charge in [0.1, 0.15) is 11.4 Å². The van der Waals surface area contributed by atoms with Crippen LogP contribution in [-0.4, -0.2) is 27.3 Å². The summed E-state index contributed by atoms with van der Waals surface area (Å²) in [5.74, 6) is 0.456. The monoisotopic (exact) mass is 434 g/mol. The first-order valence-electron chi connectivity index (χ1n) is 10.1. The molecule has 7 nitrogen and oxygen atoms in total. The van der Waals surface area contributed by atoms with E-state index in [1.165, 1.54) is 28.2 Å². The molecule has 4 aromatic rings. The number of nitrogens with zero attached hydrogens (tertiary/aromatic N) is 4. The molecule has 0 radical (unpaired) electrons. The third-order valence-electron chi connectivity index (χ3n) is 4.70. The summed E-state index contributed by atoms with van der Waals surface area (Å²) >= 11 is 1.42. The lowest BCUT2D eigenvalue weighted by Gasteiger charge is -2.20. The smallest absolute Gasteiger partial charge is 0.280 e. The van der Waals surface area contributed by atoms with Crippen LogP contribution >= 0.6 is 11.3 Å². The molecule has 0 N–H and O–H groups in total. The second-order valence-corrected chi connectivity index (χ2v) is 7.82. The number of amides is 1. The Bertz CT molecular complexity index is 1270. The average molecular weight is 435 g/mol. The minimum absolute atomic E-state index is 0.201. The van der Waals surface area contributed by atoms with Gasteiger partial charge in [-0.2, -0.15) is 5.10 Å². The summed E-state index contributed by atoms with van der Waals surface area (Å²) in [5, 5.41) is 4.80. The van der Waals surface area contributed by atoms with Crippen LogP contribution in [0.1, 0.15) is 29.9 Å². The van der Waals surface area contributed by atoms with E-state index in [4.69, 9.17) is 4.74 Å². The van der Waals surface area contributed by atoms with E-state index < -0.39 is 0 Å². The number of thiazole rings is 1. The summed E-state index contributed by atoms with van der Waals surface area (Å²) in [5.41, 5.74) is 1.72. The highest BCUT2D eigenvalue weighted by Crippen LogP contribution is 2.33. The van der Waals surface area contributed by atoms with Crippen LogP contribution in [0.15, 0.2) is 65.5 Å². The Morgan fingerprint density at radius 2 is 1.90 bits per heavy atom. The molecule has 1 amide bonds. The van der Waals surface area contributed by atoms with Crippen molar-refractivity contribution in [2.45, 2.75) is 26.9 Å². The normalized spacial score (nSPS) is 10.9. The van der Waals surface area contributed by atoms with Crippen molar-refractivity contribution < 1.29 is 9.53 Å². The molecule has 0 aliphatic heterocycles. The number of anilines is 1. The highest BCUT2D eigenvalue weighted by molar-refractivity contribution is 7.22. The molecule has 2 aromatic heterocycles. The van der Waals surface area contributed by atoms with Gasteiger partial charge in [-0.1, -0.05) is 41.7 Å². The number of carbonyl (C=O) groups is 1. The van der Waals surface area contributed by atoms with Crippen molar-refractivity contribution in [1.29, 1.82) is 0 Å². The maximum Gasteiger partial charge on any atom is 0.280 e. The molecule has 0 fully saturated rings. The molecule has 0 unspecified atom stereocenters. The van der Waals surface area contributed by atoms with E-state index in [9.17, 15) is 9.59 Å². The Labute approximate surface area is 183 Å². The van der Waals surface area contributed by atoms with E-state index in [-0.39, 0.29) is 17.2 Å². The first kappa shape index (κ1) is 20.7. The van der Waals surface area contributed by atoms with Gasteiger partial charge >= 0.3 is 0 Å². The van der Waals surface area contributed by atoms with Crippen molar-refractivity contribution in [2.75, 3.05) is 11.5 Å². The number of benzene rings is 2. The molecular formula is C23H22N4O3S. The standard InChI is InChI=1S/C23H22N4O3S/c1-3-27-21(28)13-12-19(25-27)22(29)26(15-16-8-6-5-7-9-16)23-24-18-11-10-17(30-4-2)14-20(18)31-23/h5-14H,3-4,15H2,1-2H3. The van der Waals surface area contributed by atoms with Gasteiger partial charge in [-0.05, 0) is 43.7 Å². The van der Waals surface area contributed by atoms with Gasteiger partial charge in [-0.15, -0.1) is 0 Å². The molecule has 0 aliphatic rings. The van der Waals surface area contributed by atoms with Crippen molar-refractivity contribution in [1.82, 2.24) is 14.8 Å². The van der Waals surface area contributed by atoms with Gasteiger partial charge in [0.05, 0.1) is 23.4 Å². The molecule has 0 aliphatic carbocycles. The largest absolute Gasteiger partial charge is 0.494 e. The molecule has 4 rings (SSSR count). The van der Waals surface area contributed by atoms with Crippen LogP contribution in [0.5, 0.6) is 5.75 Å². The number of hydrogen-bond donors (Lipinski definition) is 0. The zero-order valence-corrected chi connectivity index (χ0v) is 18.1. The lowest BCUT2D eigenvalue weighted by molar-refractivity contribution is 0.0978. The zero-order chi connectivity index (χ0) is 21.8. The fraction of sp³-hybridized carbons (Fsp3) is 0.217. The highest BCUT2D eigenvalue weighted by Gasteiger charge is 2.23. The van der Waals surface area contributed by atoms with Gasteiger partial charge in [0.25, 0.3) is 11.5 Å². The lowest BCUT2D eigenvalue weighted by Crippen LogP contribution is -2.33. The second-order valence-electron chi connectivity index (χ2n) is 6.81. The Hall–Kier alpha value is -3.52. The fourth-order valence-electron chi connectivity index (χ4n) is 3.18. The molecule has 31 heavy (non-hydrogen) atoms. The Morgan fingerprint density at radius 3 is 2.65 bits per heavy atom. The van der Waals surface area contributed by atoms with Crippen LogP contribution < -0.4 is 15.2 Å². The predicted molar refractivity (Wildman–Crippen MR) is 122 cm³/mol. The minimum atomic E-state index is -0.310. The molecule has 8 heteroatoms. The number of ether oxygens (including phenoxy) is 1. The highest BCUT2D eigenvalue weighted by atomic mass is 32.1. The molecule has 0 bridgehead atoms. The van der Waals surface area contributed by atoms with Crippen LogP contribution in [-0.2, 0) is 13.1 Å². The molecule has 158 valence electrons. The van der Waals surface area contributed by atoms with E-state index in [0.717, 1.165) is 21.5 Å². The lowest BCUT2D eigenvalue weighted by atomic mass is 10.2. The van der Waals surface area contributed by atoms with Crippen LogP contribution in [0.2, 0.25) is 0 Å². The fourth-order valence-corrected chi connectivity index (χ4v) is 4.18. The molecule has 0 atom stereocenters. The first-order valence-corrected chi connectivity index (χ1v) is 10.9. The van der Waals surface area contributed by atoms with Crippen LogP contribution in [0.4, 0.5) is 5.13 Å². The molecule has 0 saturated carbocycles. The molecule has 2 aromatic carbocycles. The summed E-state index contributed by atoms with van der Waals surface area (Å²) in [6, 6.07) is 18.2. The van der Waals surface area contributed by atoms with Crippen molar-refractivity contribution in [3.63, 3.8) is 0 Å². The van der Waals surface area contributed by atoms with Crippen molar-refractivity contribution in [2.24, 2.45) is 0 Å². The number of carbonyl (C=O) groups excluding carboxylic acids is 1. The average Bonchev–Trinajstić information content (AvgIpc) is 3.21. The molecule has 2 heterocycles. The number of rotatable bonds is 7. The summed E-state index contributed by atoms with van der Waals surface area (Å²) in [4.78, 5) is 31.7. The Morgan fingerprint density at radius 1 is 1.10 bits per heavy atom. The van der Waals surface area contributed by atoms with Gasteiger partial charge < -0.3 is 4.74 Å². The maximum atomic E-state index is 13.5. The minimum Gasteiger partial charge on any atom is -0.494 e. The Balaban J connectivity index is 1.76. The van der Waals surface area contributed by atoms with Crippen molar-refractivity contribution in [3.8, 4) is 5.75 Å². The predicted octanol–water partition coefficient (Wildman–Crippen LogP) is 4.12. The van der Waals surface area contributed by atoms with E-state index in [0.29, 0.717) is 24.8 Å². The number of aromatic nitrogens is 3. The van der Waals surface area contributed by atoms with Crippen LogP contribution in [0, 0.1) is 0 Å². The first-order chi connectivity index (χ1) is 15.1. The van der Waals surface area contributed by atoms with Gasteiger partial charge in [0.15, 0.2) is 5.13 Å². The molecular weight excluding hydrogens is 412 g/mol.